The lowest BCUT2D eigenvalue weighted by molar-refractivity contribution is 0.290. The van der Waals surface area contributed by atoms with Crippen LogP contribution in [0, 0.1) is 5.82 Å². The van der Waals surface area contributed by atoms with Gasteiger partial charge in [0.2, 0.25) is 0 Å². The van der Waals surface area contributed by atoms with Gasteiger partial charge in [-0.15, -0.1) is 0 Å². The molecule has 0 spiro atoms. The zero-order chi connectivity index (χ0) is 13.7. The smallest absolute Gasteiger partial charge is 0.165 e. The van der Waals surface area contributed by atoms with Gasteiger partial charge in [0.05, 0.1) is 0 Å². The zero-order valence-electron chi connectivity index (χ0n) is 11.2. The molecule has 0 aliphatic rings. The Hall–Kier alpha value is -1.87. The number of rotatable bonds is 5. The molecule has 19 heavy (non-hydrogen) atoms. The van der Waals surface area contributed by atoms with Crippen molar-refractivity contribution >= 4 is 0 Å². The van der Waals surface area contributed by atoms with Gasteiger partial charge in [-0.1, -0.05) is 36.4 Å². The van der Waals surface area contributed by atoms with Crippen LogP contribution in [0.5, 0.6) is 5.75 Å². The van der Waals surface area contributed by atoms with Crippen molar-refractivity contribution in [2.45, 2.75) is 19.6 Å². The average molecular weight is 259 g/mol. The monoisotopic (exact) mass is 259 g/mol. The van der Waals surface area contributed by atoms with E-state index in [0.29, 0.717) is 6.61 Å². The molecule has 3 heteroatoms. The Labute approximate surface area is 113 Å². The van der Waals surface area contributed by atoms with Crippen LogP contribution in [0.1, 0.15) is 24.1 Å². The second-order valence-corrected chi connectivity index (χ2v) is 4.47. The molecule has 0 bridgehead atoms. The summed E-state index contributed by atoms with van der Waals surface area (Å²) in [6, 6.07) is 14.9. The van der Waals surface area contributed by atoms with Gasteiger partial charge in [-0.2, -0.15) is 0 Å². The van der Waals surface area contributed by atoms with Gasteiger partial charge in [-0.3, -0.25) is 0 Å². The van der Waals surface area contributed by atoms with E-state index in [0.717, 1.165) is 11.1 Å². The molecule has 0 aromatic heterocycles. The van der Waals surface area contributed by atoms with Crippen LogP contribution in [0.15, 0.2) is 48.5 Å². The molecule has 2 aromatic carbocycles. The van der Waals surface area contributed by atoms with Crippen molar-refractivity contribution in [3.8, 4) is 5.75 Å². The van der Waals surface area contributed by atoms with Crippen LogP contribution in [0.4, 0.5) is 4.39 Å². The number of hydrogen-bond acceptors (Lipinski definition) is 2. The topological polar surface area (TPSA) is 21.3 Å². The molecule has 2 nitrogen and oxygen atoms in total. The number of hydrogen-bond donors (Lipinski definition) is 1. The number of ether oxygens (including phenoxy) is 1. The normalized spacial score (nSPS) is 12.2. The van der Waals surface area contributed by atoms with Crippen LogP contribution in [-0.4, -0.2) is 7.05 Å². The SMILES string of the molecule is CNC(C)c1ccc(OCc2ccccc2)c(F)c1. The fourth-order valence-corrected chi connectivity index (χ4v) is 1.81. The van der Waals surface area contributed by atoms with Crippen molar-refractivity contribution in [1.82, 2.24) is 5.32 Å². The third-order valence-electron chi connectivity index (χ3n) is 3.13. The highest BCUT2D eigenvalue weighted by atomic mass is 19.1. The van der Waals surface area contributed by atoms with Crippen LogP contribution in [0.2, 0.25) is 0 Å². The number of nitrogens with one attached hydrogen (secondary N) is 1. The zero-order valence-corrected chi connectivity index (χ0v) is 11.2. The van der Waals surface area contributed by atoms with Gasteiger partial charge in [-0.25, -0.2) is 4.39 Å². The predicted molar refractivity (Wildman–Crippen MR) is 74.6 cm³/mol. The first-order chi connectivity index (χ1) is 9.20. The van der Waals surface area contributed by atoms with Crippen LogP contribution in [0.3, 0.4) is 0 Å². The second kappa shape index (κ2) is 6.34. The first kappa shape index (κ1) is 13.6. The van der Waals surface area contributed by atoms with Crippen LogP contribution >= 0.6 is 0 Å². The summed E-state index contributed by atoms with van der Waals surface area (Å²) in [5.41, 5.74) is 1.93. The first-order valence-corrected chi connectivity index (χ1v) is 6.34. The Morgan fingerprint density at radius 1 is 1.16 bits per heavy atom. The fraction of sp³-hybridized carbons (Fsp3) is 0.250. The molecule has 0 radical (unpaired) electrons. The van der Waals surface area contributed by atoms with E-state index in [4.69, 9.17) is 4.74 Å². The molecule has 0 saturated heterocycles. The Balaban J connectivity index is 2.05. The minimum Gasteiger partial charge on any atom is -0.486 e. The summed E-state index contributed by atoms with van der Waals surface area (Å²) < 4.78 is 19.4. The summed E-state index contributed by atoms with van der Waals surface area (Å²) in [7, 11) is 1.85. The summed E-state index contributed by atoms with van der Waals surface area (Å²) in [5, 5.41) is 3.08. The molecule has 0 saturated carbocycles. The lowest BCUT2D eigenvalue weighted by Gasteiger charge is -2.13. The minimum absolute atomic E-state index is 0.123. The van der Waals surface area contributed by atoms with Crippen molar-refractivity contribution in [3.05, 3.63) is 65.5 Å². The molecule has 1 unspecified atom stereocenters. The van der Waals surface area contributed by atoms with Crippen LogP contribution in [-0.2, 0) is 6.61 Å². The maximum Gasteiger partial charge on any atom is 0.165 e. The Morgan fingerprint density at radius 3 is 2.53 bits per heavy atom. The van der Waals surface area contributed by atoms with E-state index in [2.05, 4.69) is 5.32 Å². The van der Waals surface area contributed by atoms with Gasteiger partial charge in [0.25, 0.3) is 0 Å². The van der Waals surface area contributed by atoms with Crippen molar-refractivity contribution in [2.75, 3.05) is 7.05 Å². The molecule has 2 rings (SSSR count). The van der Waals surface area contributed by atoms with Gasteiger partial charge in [0, 0.05) is 6.04 Å². The van der Waals surface area contributed by atoms with Crippen molar-refractivity contribution in [1.29, 1.82) is 0 Å². The van der Waals surface area contributed by atoms with Gasteiger partial charge < -0.3 is 10.1 Å². The molecular formula is C16H18FNO. The molecule has 1 N–H and O–H groups in total. The summed E-state index contributed by atoms with van der Waals surface area (Å²) in [5.74, 6) is -0.0357. The van der Waals surface area contributed by atoms with Crippen molar-refractivity contribution in [3.63, 3.8) is 0 Å². The van der Waals surface area contributed by atoms with E-state index >= 15 is 0 Å². The highest BCUT2D eigenvalue weighted by Crippen LogP contribution is 2.22. The second-order valence-electron chi connectivity index (χ2n) is 4.47. The minimum atomic E-state index is -0.324. The van der Waals surface area contributed by atoms with Gasteiger partial charge in [0.1, 0.15) is 6.61 Å². The maximum absolute atomic E-state index is 13.9. The predicted octanol–water partition coefficient (Wildman–Crippen LogP) is 3.69. The van der Waals surface area contributed by atoms with Crippen LogP contribution in [0.25, 0.3) is 0 Å². The average Bonchev–Trinajstić information content (AvgIpc) is 2.46. The Bertz CT molecular complexity index is 528. The molecule has 0 fully saturated rings. The third-order valence-corrected chi connectivity index (χ3v) is 3.13. The van der Waals surface area contributed by atoms with E-state index in [9.17, 15) is 4.39 Å². The fourth-order valence-electron chi connectivity index (χ4n) is 1.81. The van der Waals surface area contributed by atoms with Crippen molar-refractivity contribution < 1.29 is 9.13 Å². The van der Waals surface area contributed by atoms with E-state index in [1.165, 1.54) is 6.07 Å². The van der Waals surface area contributed by atoms with Gasteiger partial charge in [0.15, 0.2) is 11.6 Å². The highest BCUT2D eigenvalue weighted by Gasteiger charge is 2.08. The summed E-state index contributed by atoms with van der Waals surface area (Å²) in [6.07, 6.45) is 0. The Morgan fingerprint density at radius 2 is 1.89 bits per heavy atom. The lowest BCUT2D eigenvalue weighted by Crippen LogP contribution is -2.12. The molecule has 100 valence electrons. The highest BCUT2D eigenvalue weighted by molar-refractivity contribution is 5.31. The Kier molecular flexibility index (Phi) is 4.53. The van der Waals surface area contributed by atoms with Crippen LogP contribution < -0.4 is 10.1 Å². The van der Waals surface area contributed by atoms with E-state index in [1.54, 1.807) is 6.07 Å². The van der Waals surface area contributed by atoms with Gasteiger partial charge in [-0.05, 0) is 37.2 Å². The molecule has 0 amide bonds. The van der Waals surface area contributed by atoms with E-state index in [-0.39, 0.29) is 17.6 Å². The molecule has 0 heterocycles. The quantitative estimate of drug-likeness (QED) is 0.884. The van der Waals surface area contributed by atoms with E-state index < -0.39 is 0 Å². The standard InChI is InChI=1S/C16H18FNO/c1-12(18-2)14-8-9-16(15(17)10-14)19-11-13-6-4-3-5-7-13/h3-10,12,18H,11H2,1-2H3. The lowest BCUT2D eigenvalue weighted by atomic mass is 10.1. The first-order valence-electron chi connectivity index (χ1n) is 6.34. The maximum atomic E-state index is 13.9. The van der Waals surface area contributed by atoms with Gasteiger partial charge >= 0.3 is 0 Å². The summed E-state index contributed by atoms with van der Waals surface area (Å²) in [6.45, 7) is 2.36. The molecule has 0 aliphatic heterocycles. The summed E-state index contributed by atoms with van der Waals surface area (Å²) in [4.78, 5) is 0. The largest absolute Gasteiger partial charge is 0.486 e. The van der Waals surface area contributed by atoms with Crippen molar-refractivity contribution in [2.24, 2.45) is 0 Å². The number of halogens is 1. The molecular weight excluding hydrogens is 241 g/mol. The van der Waals surface area contributed by atoms with E-state index in [1.807, 2.05) is 50.4 Å². The molecule has 1 atom stereocenters. The summed E-state index contributed by atoms with van der Waals surface area (Å²) >= 11 is 0. The molecule has 2 aromatic rings. The third kappa shape index (κ3) is 3.55. The molecule has 0 aliphatic carbocycles. The number of benzene rings is 2.